The zero-order chi connectivity index (χ0) is 23.5. The van der Waals surface area contributed by atoms with Gasteiger partial charge in [-0.3, -0.25) is 4.79 Å². The van der Waals surface area contributed by atoms with Gasteiger partial charge in [0.25, 0.3) is 5.91 Å². The van der Waals surface area contributed by atoms with E-state index in [2.05, 4.69) is 6.08 Å². The number of hydrogen-bond donors (Lipinski definition) is 1. The second-order valence-corrected chi connectivity index (χ2v) is 8.99. The summed E-state index contributed by atoms with van der Waals surface area (Å²) in [6.45, 7) is 1.89. The zero-order valence-corrected chi connectivity index (χ0v) is 20.2. The molecule has 0 bridgehead atoms. The molecule has 0 fully saturated rings. The van der Waals surface area contributed by atoms with E-state index < -0.39 is 5.91 Å². The second-order valence-electron chi connectivity index (χ2n) is 7.55. The van der Waals surface area contributed by atoms with Gasteiger partial charge in [0.15, 0.2) is 11.5 Å². The van der Waals surface area contributed by atoms with Gasteiger partial charge in [0.05, 0.1) is 19.9 Å². The first-order valence-electron chi connectivity index (χ1n) is 10.5. The lowest BCUT2D eigenvalue weighted by atomic mass is 10.1. The number of fused-ring (bicyclic) bond motifs is 1. The Labute approximate surface area is 202 Å². The van der Waals surface area contributed by atoms with Gasteiger partial charge >= 0.3 is 0 Å². The van der Waals surface area contributed by atoms with Gasteiger partial charge in [-0.1, -0.05) is 35.9 Å². The maximum atomic E-state index is 12.3. The number of benzene rings is 2. The summed E-state index contributed by atoms with van der Waals surface area (Å²) in [5, 5.41) is 1.41. The molecule has 1 aromatic heterocycles. The van der Waals surface area contributed by atoms with E-state index in [0.717, 1.165) is 34.7 Å². The molecule has 8 heteroatoms. The van der Waals surface area contributed by atoms with Gasteiger partial charge in [0, 0.05) is 28.9 Å². The Morgan fingerprint density at radius 2 is 1.85 bits per heavy atom. The van der Waals surface area contributed by atoms with E-state index in [0.29, 0.717) is 27.1 Å². The lowest BCUT2D eigenvalue weighted by Crippen LogP contribution is -2.12. The van der Waals surface area contributed by atoms with Crippen LogP contribution in [0.2, 0.25) is 5.02 Å². The fraction of sp³-hybridized carbons (Fsp3) is 0.240. The fourth-order valence-electron chi connectivity index (χ4n) is 3.82. The number of ether oxygens (including phenoxy) is 3. The number of aryl methyl sites for hydroxylation is 1. The van der Waals surface area contributed by atoms with Gasteiger partial charge in [-0.25, -0.2) is 0 Å². The molecule has 1 aliphatic heterocycles. The quantitative estimate of drug-likeness (QED) is 0.428. The minimum absolute atomic E-state index is 0.351. The molecule has 0 aliphatic carbocycles. The molecule has 1 unspecified atom stereocenters. The van der Waals surface area contributed by atoms with E-state index in [1.807, 2.05) is 60.5 Å². The molecule has 2 heterocycles. The van der Waals surface area contributed by atoms with Crippen LogP contribution in [-0.2, 0) is 6.42 Å². The third-order valence-electron chi connectivity index (χ3n) is 5.47. The molecule has 1 amide bonds. The molecular formula is C25H25ClN2O4S. The number of nitrogens with two attached hydrogens (primary N) is 1. The molecule has 1 aliphatic rings. The lowest BCUT2D eigenvalue weighted by molar-refractivity contribution is 0.0998. The molecule has 0 saturated carbocycles. The van der Waals surface area contributed by atoms with Crippen molar-refractivity contribution in [3.8, 4) is 17.2 Å². The van der Waals surface area contributed by atoms with Crippen molar-refractivity contribution in [2.24, 2.45) is 5.73 Å². The lowest BCUT2D eigenvalue weighted by Gasteiger charge is -2.22. The summed E-state index contributed by atoms with van der Waals surface area (Å²) in [6.07, 6.45) is 5.45. The van der Waals surface area contributed by atoms with Crippen LogP contribution < -0.4 is 24.8 Å². The van der Waals surface area contributed by atoms with Crippen molar-refractivity contribution in [2.45, 2.75) is 25.9 Å². The standard InChI is InChI=1S/C25H25ClN2O4S/c1-15(17-9-4-5-10-18(17)26)32-22-14-23(33-24(22)25(27)29)28-11-7-6-8-16-12-20(30-2)21(31-3)13-19(16)28/h4-5,7,9-15H,6,8H2,1-3H3,(H2,27,29). The number of halogens is 1. The fourth-order valence-corrected chi connectivity index (χ4v) is 5.06. The number of amides is 1. The molecule has 1 atom stereocenters. The first-order chi connectivity index (χ1) is 15.9. The molecule has 172 valence electrons. The Hall–Kier alpha value is -3.16. The van der Waals surface area contributed by atoms with Crippen molar-refractivity contribution >= 4 is 39.5 Å². The number of anilines is 2. The van der Waals surface area contributed by atoms with E-state index in [9.17, 15) is 4.79 Å². The Balaban J connectivity index is 1.75. The Bertz CT molecular complexity index is 1210. The largest absolute Gasteiger partial charge is 0.493 e. The molecule has 33 heavy (non-hydrogen) atoms. The van der Waals surface area contributed by atoms with Crippen molar-refractivity contribution in [3.63, 3.8) is 0 Å². The van der Waals surface area contributed by atoms with Gasteiger partial charge in [0.1, 0.15) is 21.7 Å². The Morgan fingerprint density at radius 3 is 2.55 bits per heavy atom. The number of allylic oxidation sites excluding steroid dienone is 1. The molecule has 2 N–H and O–H groups in total. The van der Waals surface area contributed by atoms with Crippen LogP contribution in [-0.4, -0.2) is 20.1 Å². The smallest absolute Gasteiger partial charge is 0.262 e. The predicted octanol–water partition coefficient (Wildman–Crippen LogP) is 6.26. The Kier molecular flexibility index (Phi) is 6.81. The third kappa shape index (κ3) is 4.65. The van der Waals surface area contributed by atoms with Crippen LogP contribution >= 0.6 is 22.9 Å². The van der Waals surface area contributed by atoms with Crippen molar-refractivity contribution in [1.82, 2.24) is 0 Å². The number of nitrogens with zero attached hydrogens (tertiary/aromatic N) is 1. The number of hydrogen-bond acceptors (Lipinski definition) is 6. The maximum Gasteiger partial charge on any atom is 0.262 e. The van der Waals surface area contributed by atoms with Gasteiger partial charge in [-0.15, -0.1) is 11.3 Å². The van der Waals surface area contributed by atoms with Gasteiger partial charge in [-0.05, 0) is 37.5 Å². The number of carbonyl (C=O) groups excluding carboxylic acids is 1. The molecular weight excluding hydrogens is 460 g/mol. The number of primary amides is 1. The minimum Gasteiger partial charge on any atom is -0.493 e. The summed E-state index contributed by atoms with van der Waals surface area (Å²) >= 11 is 7.62. The highest BCUT2D eigenvalue weighted by Crippen LogP contribution is 2.45. The monoisotopic (exact) mass is 484 g/mol. The molecule has 0 spiro atoms. The first kappa shape index (κ1) is 23.0. The molecule has 0 radical (unpaired) electrons. The minimum atomic E-state index is -0.543. The molecule has 6 nitrogen and oxygen atoms in total. The highest BCUT2D eigenvalue weighted by Gasteiger charge is 2.24. The number of thiophene rings is 1. The zero-order valence-electron chi connectivity index (χ0n) is 18.6. The first-order valence-corrected chi connectivity index (χ1v) is 11.7. The summed E-state index contributed by atoms with van der Waals surface area (Å²) < 4.78 is 17.2. The molecule has 0 saturated heterocycles. The van der Waals surface area contributed by atoms with Crippen LogP contribution in [0, 0.1) is 0 Å². The number of rotatable bonds is 7. The SMILES string of the molecule is COc1cc2c(cc1OC)N(c1cc(OC(C)c3ccccc3Cl)c(C(N)=O)s1)C=CCC2. The van der Waals surface area contributed by atoms with Crippen LogP contribution in [0.15, 0.2) is 54.7 Å². The van der Waals surface area contributed by atoms with Crippen LogP contribution in [0.4, 0.5) is 10.7 Å². The maximum absolute atomic E-state index is 12.3. The van der Waals surface area contributed by atoms with Crippen molar-refractivity contribution in [3.05, 3.63) is 75.8 Å². The van der Waals surface area contributed by atoms with Gasteiger partial charge in [-0.2, -0.15) is 0 Å². The van der Waals surface area contributed by atoms with E-state index in [4.69, 9.17) is 31.5 Å². The number of carbonyl (C=O) groups is 1. The summed E-state index contributed by atoms with van der Waals surface area (Å²) in [7, 11) is 3.23. The second kappa shape index (κ2) is 9.77. The van der Waals surface area contributed by atoms with Gasteiger partial charge in [0.2, 0.25) is 0 Å². The Morgan fingerprint density at radius 1 is 1.12 bits per heavy atom. The van der Waals surface area contributed by atoms with E-state index >= 15 is 0 Å². The summed E-state index contributed by atoms with van der Waals surface area (Å²) in [5.74, 6) is 1.19. The molecule has 4 rings (SSSR count). The molecule has 2 aromatic carbocycles. The average molecular weight is 485 g/mol. The van der Waals surface area contributed by atoms with E-state index in [1.54, 1.807) is 14.2 Å². The van der Waals surface area contributed by atoms with Crippen LogP contribution in [0.1, 0.15) is 40.2 Å². The van der Waals surface area contributed by atoms with Crippen LogP contribution in [0.25, 0.3) is 0 Å². The topological polar surface area (TPSA) is 74.0 Å². The van der Waals surface area contributed by atoms with Crippen LogP contribution in [0.3, 0.4) is 0 Å². The molecule has 3 aromatic rings. The van der Waals surface area contributed by atoms with Crippen molar-refractivity contribution < 1.29 is 19.0 Å². The third-order valence-corrected chi connectivity index (χ3v) is 6.95. The average Bonchev–Trinajstić information content (AvgIpc) is 3.11. The van der Waals surface area contributed by atoms with Crippen LogP contribution in [0.5, 0.6) is 17.2 Å². The normalized spacial score (nSPS) is 13.8. The van der Waals surface area contributed by atoms with Crippen molar-refractivity contribution in [1.29, 1.82) is 0 Å². The summed E-state index contributed by atoms with van der Waals surface area (Å²) in [6, 6.07) is 13.3. The van der Waals surface area contributed by atoms with Gasteiger partial charge < -0.3 is 24.8 Å². The highest BCUT2D eigenvalue weighted by atomic mass is 35.5. The van der Waals surface area contributed by atoms with Crippen molar-refractivity contribution in [2.75, 3.05) is 19.1 Å². The summed E-state index contributed by atoms with van der Waals surface area (Å²) in [4.78, 5) is 14.6. The van der Waals surface area contributed by atoms with E-state index in [1.165, 1.54) is 11.3 Å². The number of methoxy groups -OCH3 is 2. The predicted molar refractivity (Wildman–Crippen MR) is 132 cm³/mol. The summed E-state index contributed by atoms with van der Waals surface area (Å²) in [5.41, 5.74) is 8.59. The van der Waals surface area contributed by atoms with E-state index in [-0.39, 0.29) is 6.10 Å². The highest BCUT2D eigenvalue weighted by molar-refractivity contribution is 7.18.